The van der Waals surface area contributed by atoms with Crippen LogP contribution in [0.2, 0.25) is 0 Å². The number of ether oxygens (including phenoxy) is 2. The van der Waals surface area contributed by atoms with Crippen molar-refractivity contribution in [3.63, 3.8) is 0 Å². The van der Waals surface area contributed by atoms with E-state index in [1.165, 1.54) is 17.9 Å². The monoisotopic (exact) mass is 370 g/mol. The summed E-state index contributed by atoms with van der Waals surface area (Å²) in [6.07, 6.45) is 3.36. The number of hydrogen-bond donors (Lipinski definition) is 0. The average molecular weight is 370 g/mol. The summed E-state index contributed by atoms with van der Waals surface area (Å²) in [7, 11) is -0.386. The van der Waals surface area contributed by atoms with E-state index in [4.69, 9.17) is 9.47 Å². The summed E-state index contributed by atoms with van der Waals surface area (Å²) in [6.45, 7) is 4.85. The minimum absolute atomic E-state index is 0.152. The van der Waals surface area contributed by atoms with Gasteiger partial charge in [-0.15, -0.1) is 5.10 Å². The Morgan fingerprint density at radius 2 is 2.04 bits per heavy atom. The molecule has 3 fully saturated rings. The Morgan fingerprint density at radius 1 is 1.32 bits per heavy atom. The Kier molecular flexibility index (Phi) is 4.30. The molecule has 1 unspecified atom stereocenters. The van der Waals surface area contributed by atoms with E-state index in [1.54, 1.807) is 11.4 Å². The van der Waals surface area contributed by atoms with Gasteiger partial charge >= 0.3 is 0 Å². The molecule has 25 heavy (non-hydrogen) atoms. The molecule has 1 aromatic heterocycles. The van der Waals surface area contributed by atoms with Gasteiger partial charge in [-0.3, -0.25) is 9.58 Å². The zero-order chi connectivity index (χ0) is 17.7. The topological polar surface area (TPSA) is 76.9 Å². The van der Waals surface area contributed by atoms with Crippen molar-refractivity contribution in [2.24, 2.45) is 12.5 Å². The van der Waals surface area contributed by atoms with Gasteiger partial charge in [0.05, 0.1) is 20.3 Å². The van der Waals surface area contributed by atoms with E-state index in [0.717, 1.165) is 45.6 Å². The first-order valence-electron chi connectivity index (χ1n) is 8.84. The molecule has 3 heterocycles. The third-order valence-electron chi connectivity index (χ3n) is 5.89. The first kappa shape index (κ1) is 17.3. The van der Waals surface area contributed by atoms with Gasteiger partial charge in [-0.2, -0.15) is 4.31 Å². The van der Waals surface area contributed by atoms with Crippen LogP contribution in [-0.2, 0) is 21.8 Å². The first-order valence-corrected chi connectivity index (χ1v) is 10.3. The number of morpholine rings is 1. The lowest BCUT2D eigenvalue weighted by Gasteiger charge is -2.47. The number of aryl methyl sites for hydroxylation is 1. The number of aromatic nitrogens is 2. The first-order chi connectivity index (χ1) is 11.9. The molecule has 140 valence electrons. The highest BCUT2D eigenvalue weighted by Crippen LogP contribution is 2.48. The largest absolute Gasteiger partial charge is 0.480 e. The van der Waals surface area contributed by atoms with Crippen molar-refractivity contribution in [1.29, 1.82) is 0 Å². The molecule has 2 aliphatic heterocycles. The van der Waals surface area contributed by atoms with E-state index in [2.05, 4.69) is 10.00 Å². The van der Waals surface area contributed by atoms with Gasteiger partial charge < -0.3 is 9.47 Å². The van der Waals surface area contributed by atoms with Crippen molar-refractivity contribution in [3.8, 4) is 5.88 Å². The smallest absolute Gasteiger partial charge is 0.260 e. The van der Waals surface area contributed by atoms with Crippen molar-refractivity contribution in [2.45, 2.75) is 30.3 Å². The van der Waals surface area contributed by atoms with Crippen molar-refractivity contribution in [2.75, 3.05) is 46.5 Å². The van der Waals surface area contributed by atoms with Crippen LogP contribution in [0.1, 0.15) is 19.3 Å². The van der Waals surface area contributed by atoms with Crippen LogP contribution in [0, 0.1) is 5.41 Å². The Hall–Kier alpha value is -1.16. The highest BCUT2D eigenvalue weighted by molar-refractivity contribution is 7.89. The lowest BCUT2D eigenvalue weighted by Crippen LogP contribution is -2.58. The SMILES string of the molecule is COc1cc(S(=O)(=O)N2CC3(CCC(N4CCOCC4)C3)C2)n(C)n1. The molecule has 0 N–H and O–H groups in total. The van der Waals surface area contributed by atoms with Gasteiger partial charge in [0.2, 0.25) is 5.88 Å². The number of rotatable bonds is 4. The van der Waals surface area contributed by atoms with Gasteiger partial charge in [-0.05, 0) is 24.7 Å². The normalized spacial score (nSPS) is 27.5. The molecule has 1 saturated carbocycles. The molecule has 9 heteroatoms. The lowest BCUT2D eigenvalue weighted by atomic mass is 9.80. The standard InChI is InChI=1S/C16H26N4O4S/c1-18-15(9-14(17-18)23-2)25(21,22)20-11-16(12-20)4-3-13(10-16)19-5-7-24-8-6-19/h9,13H,3-8,10-12H2,1-2H3. The molecule has 1 aliphatic carbocycles. The van der Waals surface area contributed by atoms with Gasteiger partial charge in [0.25, 0.3) is 10.0 Å². The van der Waals surface area contributed by atoms with Crippen LogP contribution in [0.25, 0.3) is 0 Å². The molecular weight excluding hydrogens is 344 g/mol. The van der Waals surface area contributed by atoms with Crippen LogP contribution in [0.5, 0.6) is 5.88 Å². The summed E-state index contributed by atoms with van der Waals surface area (Å²) < 4.78 is 39.2. The Morgan fingerprint density at radius 3 is 2.68 bits per heavy atom. The van der Waals surface area contributed by atoms with Crippen LogP contribution in [0.4, 0.5) is 0 Å². The molecule has 1 aromatic rings. The second-order valence-electron chi connectivity index (χ2n) is 7.47. The minimum atomic E-state index is -3.51. The third-order valence-corrected chi connectivity index (χ3v) is 7.74. The van der Waals surface area contributed by atoms with Crippen molar-refractivity contribution >= 4 is 10.0 Å². The maximum atomic E-state index is 12.9. The van der Waals surface area contributed by atoms with E-state index >= 15 is 0 Å². The lowest BCUT2D eigenvalue weighted by molar-refractivity contribution is 0.00811. The van der Waals surface area contributed by atoms with E-state index < -0.39 is 10.0 Å². The van der Waals surface area contributed by atoms with Crippen LogP contribution >= 0.6 is 0 Å². The summed E-state index contributed by atoms with van der Waals surface area (Å²) in [5, 5.41) is 4.26. The summed E-state index contributed by atoms with van der Waals surface area (Å²) in [4.78, 5) is 2.52. The quantitative estimate of drug-likeness (QED) is 0.759. The van der Waals surface area contributed by atoms with E-state index in [1.807, 2.05) is 0 Å². The van der Waals surface area contributed by atoms with E-state index in [9.17, 15) is 8.42 Å². The van der Waals surface area contributed by atoms with Gasteiger partial charge in [-0.1, -0.05) is 0 Å². The summed E-state index contributed by atoms with van der Waals surface area (Å²) in [5.74, 6) is 0.324. The van der Waals surface area contributed by atoms with Crippen LogP contribution in [0.3, 0.4) is 0 Å². The molecule has 0 bridgehead atoms. The molecule has 0 aromatic carbocycles. The second kappa shape index (κ2) is 6.22. The Balaban J connectivity index is 1.42. The molecule has 3 aliphatic rings. The third kappa shape index (κ3) is 2.97. The van der Waals surface area contributed by atoms with Crippen LogP contribution < -0.4 is 4.74 Å². The van der Waals surface area contributed by atoms with E-state index in [-0.39, 0.29) is 10.4 Å². The highest BCUT2D eigenvalue weighted by Gasteiger charge is 2.53. The maximum Gasteiger partial charge on any atom is 0.260 e. The molecule has 0 radical (unpaired) electrons. The number of nitrogens with zero attached hydrogens (tertiary/aromatic N) is 4. The Bertz CT molecular complexity index is 735. The van der Waals surface area contributed by atoms with E-state index in [0.29, 0.717) is 25.0 Å². The maximum absolute atomic E-state index is 12.9. The molecule has 4 rings (SSSR count). The van der Waals surface area contributed by atoms with Crippen molar-refractivity contribution in [1.82, 2.24) is 19.0 Å². The second-order valence-corrected chi connectivity index (χ2v) is 9.35. The fraction of sp³-hybridized carbons (Fsp3) is 0.812. The number of hydrogen-bond acceptors (Lipinski definition) is 6. The zero-order valence-electron chi connectivity index (χ0n) is 14.8. The molecule has 8 nitrogen and oxygen atoms in total. The van der Waals surface area contributed by atoms with Crippen molar-refractivity contribution in [3.05, 3.63) is 6.07 Å². The van der Waals surface area contributed by atoms with Crippen LogP contribution in [0.15, 0.2) is 11.1 Å². The van der Waals surface area contributed by atoms with Gasteiger partial charge in [0.1, 0.15) is 0 Å². The fourth-order valence-electron chi connectivity index (χ4n) is 4.49. The van der Waals surface area contributed by atoms with Gasteiger partial charge in [0, 0.05) is 45.3 Å². The average Bonchev–Trinajstić information content (AvgIpc) is 3.18. The predicted octanol–water partition coefficient (Wildman–Crippen LogP) is 0.304. The molecular formula is C16H26N4O4S. The van der Waals surface area contributed by atoms with Crippen LogP contribution in [-0.4, -0.2) is 79.9 Å². The number of sulfonamides is 1. The minimum Gasteiger partial charge on any atom is -0.480 e. The molecule has 1 spiro atoms. The molecule has 2 saturated heterocycles. The summed E-state index contributed by atoms with van der Waals surface area (Å²) in [5.41, 5.74) is 0.152. The molecule has 0 amide bonds. The number of methoxy groups -OCH3 is 1. The summed E-state index contributed by atoms with van der Waals surface area (Å²) in [6, 6.07) is 2.07. The summed E-state index contributed by atoms with van der Waals surface area (Å²) >= 11 is 0. The highest BCUT2D eigenvalue weighted by atomic mass is 32.2. The molecule has 1 atom stereocenters. The predicted molar refractivity (Wildman–Crippen MR) is 91.0 cm³/mol. The van der Waals surface area contributed by atoms with Crippen molar-refractivity contribution < 1.29 is 17.9 Å². The van der Waals surface area contributed by atoms with Gasteiger partial charge in [0.15, 0.2) is 5.03 Å². The Labute approximate surface area is 148 Å². The van der Waals surface area contributed by atoms with Gasteiger partial charge in [-0.25, -0.2) is 8.42 Å². The zero-order valence-corrected chi connectivity index (χ0v) is 15.7. The fourth-order valence-corrected chi connectivity index (χ4v) is 6.27.